The smallest absolute Gasteiger partial charge is 0.160 e. The maximum Gasteiger partial charge on any atom is 0.160 e. The Bertz CT molecular complexity index is 3780. The molecule has 4 heterocycles. The fourth-order valence-corrected chi connectivity index (χ4v) is 13.0. The number of hydrogen-bond donors (Lipinski definition) is 0. The van der Waals surface area contributed by atoms with Crippen molar-refractivity contribution in [1.82, 2.24) is 9.97 Å². The number of fused-ring (bicyclic) bond motifs is 9. The van der Waals surface area contributed by atoms with Crippen LogP contribution in [0.5, 0.6) is 0 Å². The first kappa shape index (κ1) is 36.4. The highest BCUT2D eigenvalue weighted by Gasteiger charge is 2.18. The van der Waals surface area contributed by atoms with Crippen molar-refractivity contribution in [3.8, 4) is 67.3 Å². The lowest BCUT2D eigenvalue weighted by molar-refractivity contribution is 1.18. The van der Waals surface area contributed by atoms with Crippen molar-refractivity contribution in [1.29, 1.82) is 0 Å². The van der Waals surface area contributed by atoms with E-state index in [0.29, 0.717) is 5.82 Å². The van der Waals surface area contributed by atoms with Gasteiger partial charge in [-0.25, -0.2) is 9.97 Å². The minimum absolute atomic E-state index is 0.701. The van der Waals surface area contributed by atoms with E-state index in [1.165, 1.54) is 93.9 Å². The molecule has 0 aliphatic heterocycles. The Morgan fingerprint density at radius 1 is 0.254 bits per heavy atom. The van der Waals surface area contributed by atoms with E-state index in [1.807, 2.05) is 40.1 Å². The normalized spacial score (nSPS) is 11.8. The maximum absolute atomic E-state index is 5.38. The van der Waals surface area contributed by atoms with Gasteiger partial charge in [-0.3, -0.25) is 0 Å². The topological polar surface area (TPSA) is 25.8 Å². The van der Waals surface area contributed by atoms with Crippen LogP contribution in [0.2, 0.25) is 0 Å². The molecule has 0 N–H and O–H groups in total. The first-order valence-corrected chi connectivity index (χ1v) is 23.6. The number of benzene rings is 9. The summed E-state index contributed by atoms with van der Waals surface area (Å²) in [6, 6.07) is 74.9. The Morgan fingerprint density at radius 2 is 0.635 bits per heavy atom. The van der Waals surface area contributed by atoms with Gasteiger partial charge in [-0.1, -0.05) is 164 Å². The van der Waals surface area contributed by atoms with Crippen molar-refractivity contribution in [3.05, 3.63) is 206 Å². The van der Waals surface area contributed by atoms with Crippen LogP contribution < -0.4 is 0 Å². The summed E-state index contributed by atoms with van der Waals surface area (Å²) in [5.41, 5.74) is 12.1. The summed E-state index contributed by atoms with van der Waals surface area (Å²) in [6.07, 6.45) is 0. The molecule has 0 aliphatic rings. The molecule has 4 aromatic heterocycles. The lowest BCUT2D eigenvalue weighted by atomic mass is 9.93. The van der Waals surface area contributed by atoms with Gasteiger partial charge in [0.05, 0.1) is 11.4 Å². The van der Waals surface area contributed by atoms with Crippen molar-refractivity contribution < 1.29 is 0 Å². The first-order chi connectivity index (χ1) is 31.2. The zero-order valence-corrected chi connectivity index (χ0v) is 36.2. The summed E-state index contributed by atoms with van der Waals surface area (Å²) in [4.78, 5) is 10.6. The quantitative estimate of drug-likeness (QED) is 0.167. The van der Waals surface area contributed by atoms with Crippen molar-refractivity contribution in [2.24, 2.45) is 0 Å². The predicted octanol–water partition coefficient (Wildman–Crippen LogP) is 17.6. The zero-order chi connectivity index (χ0) is 41.4. The van der Waals surface area contributed by atoms with Crippen LogP contribution >= 0.6 is 34.0 Å². The molecule has 0 atom stereocenters. The van der Waals surface area contributed by atoms with Gasteiger partial charge in [0.15, 0.2) is 5.82 Å². The maximum atomic E-state index is 5.38. The summed E-state index contributed by atoms with van der Waals surface area (Å²) in [7, 11) is 0. The van der Waals surface area contributed by atoms with Gasteiger partial charge < -0.3 is 0 Å². The molecule has 0 unspecified atom stereocenters. The van der Waals surface area contributed by atoms with E-state index in [-0.39, 0.29) is 0 Å². The van der Waals surface area contributed by atoms with Crippen LogP contribution in [0, 0.1) is 0 Å². The summed E-state index contributed by atoms with van der Waals surface area (Å²) < 4.78 is 7.81. The second-order valence-electron chi connectivity index (χ2n) is 16.0. The molecular formula is C58H34N2S3. The molecular weight excluding hydrogens is 821 g/mol. The number of hydrogen-bond acceptors (Lipinski definition) is 5. The van der Waals surface area contributed by atoms with Crippen LogP contribution in [0.4, 0.5) is 0 Å². The number of thiophene rings is 3. The molecule has 0 aliphatic carbocycles. The Labute approximate surface area is 375 Å². The number of aromatic nitrogens is 2. The molecule has 63 heavy (non-hydrogen) atoms. The molecule has 13 rings (SSSR count). The Balaban J connectivity index is 1.01. The Kier molecular flexibility index (Phi) is 8.48. The monoisotopic (exact) mass is 854 g/mol. The van der Waals surface area contributed by atoms with Gasteiger partial charge in [-0.15, -0.1) is 34.0 Å². The van der Waals surface area contributed by atoms with Gasteiger partial charge in [0.25, 0.3) is 0 Å². The fourth-order valence-electron chi connectivity index (χ4n) is 9.29. The molecule has 0 spiro atoms. The molecule has 0 bridgehead atoms. The van der Waals surface area contributed by atoms with Gasteiger partial charge in [0.2, 0.25) is 0 Å². The van der Waals surface area contributed by atoms with Crippen molar-refractivity contribution in [3.63, 3.8) is 0 Å². The van der Waals surface area contributed by atoms with E-state index in [1.54, 1.807) is 0 Å². The highest BCUT2D eigenvalue weighted by molar-refractivity contribution is 7.27. The molecule has 9 aromatic carbocycles. The van der Waals surface area contributed by atoms with Crippen LogP contribution in [0.1, 0.15) is 0 Å². The van der Waals surface area contributed by atoms with Gasteiger partial charge in [-0.2, -0.15) is 0 Å². The molecule has 0 saturated carbocycles. The van der Waals surface area contributed by atoms with Crippen LogP contribution in [0.25, 0.3) is 128 Å². The highest BCUT2D eigenvalue weighted by Crippen LogP contribution is 2.46. The first-order valence-electron chi connectivity index (χ1n) is 21.1. The highest BCUT2D eigenvalue weighted by atomic mass is 32.1. The SMILES string of the molecule is c1ccc(-c2nc(-c3ccc(-c4cccc5c4sc4ccccc45)cc3)cc(-c3cc(-c4cccc5c4sc4ccccc45)cc(-c4cccc5c4sc4ccccc45)c3)n2)cc1. The van der Waals surface area contributed by atoms with Crippen molar-refractivity contribution in [2.75, 3.05) is 0 Å². The number of nitrogens with zero attached hydrogens (tertiary/aromatic N) is 2. The Morgan fingerprint density at radius 3 is 1.13 bits per heavy atom. The average Bonchev–Trinajstić information content (AvgIpc) is 4.06. The van der Waals surface area contributed by atoms with E-state index in [9.17, 15) is 0 Å². The van der Waals surface area contributed by atoms with E-state index < -0.39 is 0 Å². The van der Waals surface area contributed by atoms with Crippen LogP contribution in [0.3, 0.4) is 0 Å². The van der Waals surface area contributed by atoms with Crippen molar-refractivity contribution >= 4 is 94.5 Å². The lowest BCUT2D eigenvalue weighted by Crippen LogP contribution is -1.96. The zero-order valence-electron chi connectivity index (χ0n) is 33.7. The minimum Gasteiger partial charge on any atom is -0.228 e. The second kappa shape index (κ2) is 14.7. The largest absolute Gasteiger partial charge is 0.228 e. The molecule has 0 radical (unpaired) electrons. The van der Waals surface area contributed by atoms with Gasteiger partial charge in [0.1, 0.15) is 0 Å². The minimum atomic E-state index is 0.701. The summed E-state index contributed by atoms with van der Waals surface area (Å²) in [5.74, 6) is 0.701. The summed E-state index contributed by atoms with van der Waals surface area (Å²) >= 11 is 5.60. The molecule has 0 fully saturated rings. The third-order valence-corrected chi connectivity index (χ3v) is 16.0. The van der Waals surface area contributed by atoms with Crippen LogP contribution in [0.15, 0.2) is 206 Å². The standard InChI is InChI=1S/C58H34N2S3/c1-2-13-37(14-3-1)58-59-50(36-29-27-35(28-30-36)41-18-10-21-47-44-15-4-7-24-52(44)61-55(41)47)34-51(60-58)40-32-38(42-19-11-22-48-45-16-5-8-25-53(45)62-56(42)48)31-39(33-40)43-20-12-23-49-46-17-6-9-26-54(46)63-57(43)49/h1-34H. The van der Waals surface area contributed by atoms with Crippen LogP contribution in [-0.2, 0) is 0 Å². The van der Waals surface area contributed by atoms with Gasteiger partial charge in [0, 0.05) is 77.2 Å². The van der Waals surface area contributed by atoms with E-state index in [0.717, 1.165) is 28.1 Å². The third kappa shape index (κ3) is 6.11. The summed E-state index contributed by atoms with van der Waals surface area (Å²) in [5, 5.41) is 7.78. The van der Waals surface area contributed by atoms with Crippen LogP contribution in [-0.4, -0.2) is 9.97 Å². The molecule has 13 aromatic rings. The molecule has 0 amide bonds. The Hall–Kier alpha value is -7.28. The van der Waals surface area contributed by atoms with Gasteiger partial charge in [-0.05, 0) is 75.8 Å². The number of rotatable bonds is 6. The van der Waals surface area contributed by atoms with Gasteiger partial charge >= 0.3 is 0 Å². The lowest BCUT2D eigenvalue weighted by Gasteiger charge is -2.14. The van der Waals surface area contributed by atoms with E-state index in [2.05, 4.69) is 200 Å². The summed E-state index contributed by atoms with van der Waals surface area (Å²) in [6.45, 7) is 0. The molecule has 5 heteroatoms. The predicted molar refractivity (Wildman–Crippen MR) is 273 cm³/mol. The third-order valence-electron chi connectivity index (χ3n) is 12.3. The average molecular weight is 855 g/mol. The van der Waals surface area contributed by atoms with Crippen molar-refractivity contribution in [2.45, 2.75) is 0 Å². The van der Waals surface area contributed by atoms with E-state index in [4.69, 9.17) is 9.97 Å². The molecule has 0 saturated heterocycles. The van der Waals surface area contributed by atoms with E-state index >= 15 is 0 Å². The molecule has 294 valence electrons. The molecule has 2 nitrogen and oxygen atoms in total. The fraction of sp³-hybridized carbons (Fsp3) is 0. The second-order valence-corrected chi connectivity index (χ2v) is 19.2.